The summed E-state index contributed by atoms with van der Waals surface area (Å²) in [6, 6.07) is 6.00. The molecule has 5 nitrogen and oxygen atoms in total. The van der Waals surface area contributed by atoms with E-state index in [4.69, 9.17) is 0 Å². The monoisotopic (exact) mass is 306 g/mol. The van der Waals surface area contributed by atoms with Crippen LogP contribution in [-0.2, 0) is 6.54 Å². The maximum Gasteiger partial charge on any atom is 0.315 e. The summed E-state index contributed by atoms with van der Waals surface area (Å²) in [6.07, 6.45) is 0. The maximum absolute atomic E-state index is 11.7. The van der Waals surface area contributed by atoms with Gasteiger partial charge in [0.1, 0.15) is 5.69 Å². The van der Waals surface area contributed by atoms with Gasteiger partial charge < -0.3 is 10.6 Å². The third-order valence-corrected chi connectivity index (χ3v) is 3.74. The Bertz CT molecular complexity index is 596. The van der Waals surface area contributed by atoms with Crippen molar-refractivity contribution in [3.05, 3.63) is 29.3 Å². The van der Waals surface area contributed by atoms with E-state index in [0.717, 1.165) is 16.3 Å². The summed E-state index contributed by atoms with van der Waals surface area (Å²) in [6.45, 7) is 9.11. The van der Waals surface area contributed by atoms with E-state index >= 15 is 0 Å². The Morgan fingerprint density at radius 1 is 1.43 bits per heavy atom. The number of nitrogens with zero attached hydrogens (tertiary/aromatic N) is 2. The molecule has 0 aliphatic heterocycles. The smallest absolute Gasteiger partial charge is 0.315 e. The number of nitrogens with one attached hydrogen (secondary N) is 2. The van der Waals surface area contributed by atoms with E-state index < -0.39 is 0 Å². The van der Waals surface area contributed by atoms with Crippen molar-refractivity contribution in [1.82, 2.24) is 20.4 Å². The highest BCUT2D eigenvalue weighted by Crippen LogP contribution is 2.23. The lowest BCUT2D eigenvalue weighted by atomic mass is 10.1. The Kier molecular flexibility index (Phi) is 4.67. The number of hydrogen-bond acceptors (Lipinski definition) is 3. The van der Waals surface area contributed by atoms with Gasteiger partial charge in [-0.1, -0.05) is 6.07 Å². The van der Waals surface area contributed by atoms with E-state index in [2.05, 4.69) is 27.9 Å². The third kappa shape index (κ3) is 4.60. The van der Waals surface area contributed by atoms with E-state index in [0.29, 0.717) is 13.1 Å². The molecule has 0 aromatic carbocycles. The molecule has 0 atom stereocenters. The van der Waals surface area contributed by atoms with Crippen molar-refractivity contribution < 1.29 is 4.79 Å². The van der Waals surface area contributed by atoms with Gasteiger partial charge in [0.2, 0.25) is 0 Å². The fourth-order valence-electron chi connectivity index (χ4n) is 1.94. The predicted octanol–water partition coefficient (Wildman–Crippen LogP) is 3.02. The number of rotatable bonds is 4. The zero-order valence-electron chi connectivity index (χ0n) is 12.9. The highest BCUT2D eigenvalue weighted by Gasteiger charge is 2.13. The molecule has 0 unspecified atom stereocenters. The Hall–Kier alpha value is -1.82. The third-order valence-electron chi connectivity index (χ3n) is 2.85. The molecule has 21 heavy (non-hydrogen) atoms. The molecule has 0 bridgehead atoms. The van der Waals surface area contributed by atoms with Crippen LogP contribution >= 0.6 is 11.3 Å². The Morgan fingerprint density at radius 2 is 2.19 bits per heavy atom. The molecule has 0 fully saturated rings. The Labute approximate surface area is 129 Å². The van der Waals surface area contributed by atoms with Crippen LogP contribution in [-0.4, -0.2) is 27.9 Å². The zero-order valence-corrected chi connectivity index (χ0v) is 13.8. The van der Waals surface area contributed by atoms with Gasteiger partial charge in [0, 0.05) is 17.8 Å². The van der Waals surface area contributed by atoms with Crippen molar-refractivity contribution >= 4 is 17.4 Å². The van der Waals surface area contributed by atoms with Crippen LogP contribution in [0.5, 0.6) is 0 Å². The number of carbonyl (C=O) groups is 1. The molecule has 2 N–H and O–H groups in total. The van der Waals surface area contributed by atoms with Gasteiger partial charge in [-0.3, -0.25) is 4.68 Å². The van der Waals surface area contributed by atoms with Crippen molar-refractivity contribution in [2.45, 2.75) is 39.8 Å². The molecule has 2 amide bonds. The lowest BCUT2D eigenvalue weighted by Crippen LogP contribution is -2.47. The van der Waals surface area contributed by atoms with Gasteiger partial charge in [-0.25, -0.2) is 4.79 Å². The Morgan fingerprint density at radius 3 is 2.81 bits per heavy atom. The largest absolute Gasteiger partial charge is 0.336 e. The van der Waals surface area contributed by atoms with Crippen LogP contribution in [0.4, 0.5) is 4.79 Å². The first-order valence-electron chi connectivity index (χ1n) is 6.99. The van der Waals surface area contributed by atoms with Gasteiger partial charge in [-0.05, 0) is 45.2 Å². The number of hydrogen-bond donors (Lipinski definition) is 2. The molecule has 114 valence electrons. The fourth-order valence-corrected chi connectivity index (χ4v) is 2.62. The van der Waals surface area contributed by atoms with Gasteiger partial charge in [0.25, 0.3) is 0 Å². The molecule has 2 aromatic rings. The normalized spacial score (nSPS) is 11.4. The minimum absolute atomic E-state index is 0.147. The first-order chi connectivity index (χ1) is 9.85. The van der Waals surface area contributed by atoms with Crippen LogP contribution in [0, 0.1) is 6.92 Å². The second kappa shape index (κ2) is 6.30. The van der Waals surface area contributed by atoms with Crippen molar-refractivity contribution in [2.75, 3.05) is 6.54 Å². The molecule has 2 aromatic heterocycles. The summed E-state index contributed by atoms with van der Waals surface area (Å²) < 4.78 is 1.92. The van der Waals surface area contributed by atoms with E-state index in [-0.39, 0.29) is 11.6 Å². The summed E-state index contributed by atoms with van der Waals surface area (Å²) in [7, 11) is 0. The molecular weight excluding hydrogens is 284 g/mol. The zero-order chi connectivity index (χ0) is 15.5. The first-order valence-corrected chi connectivity index (χ1v) is 7.87. The number of aromatic nitrogens is 2. The van der Waals surface area contributed by atoms with E-state index in [1.165, 1.54) is 0 Å². The number of urea groups is 1. The summed E-state index contributed by atoms with van der Waals surface area (Å²) in [4.78, 5) is 12.8. The molecule has 0 radical (unpaired) electrons. The van der Waals surface area contributed by atoms with E-state index in [1.54, 1.807) is 11.3 Å². The second-order valence-electron chi connectivity index (χ2n) is 6.00. The molecule has 0 saturated carbocycles. The van der Waals surface area contributed by atoms with Crippen LogP contribution in [0.3, 0.4) is 0 Å². The van der Waals surface area contributed by atoms with E-state index in [1.807, 2.05) is 43.8 Å². The molecular formula is C15H22N4OS. The molecule has 2 rings (SSSR count). The molecule has 0 spiro atoms. The Balaban J connectivity index is 1.88. The number of thiophene rings is 1. The minimum atomic E-state index is -0.224. The predicted molar refractivity (Wildman–Crippen MR) is 86.6 cm³/mol. The number of amides is 2. The maximum atomic E-state index is 11.7. The lowest BCUT2D eigenvalue weighted by molar-refractivity contribution is 0.231. The van der Waals surface area contributed by atoms with Gasteiger partial charge in [0.05, 0.1) is 11.4 Å². The first kappa shape index (κ1) is 15.6. The van der Waals surface area contributed by atoms with Crippen molar-refractivity contribution in [1.29, 1.82) is 0 Å². The average molecular weight is 306 g/mol. The highest BCUT2D eigenvalue weighted by atomic mass is 32.1. The fraction of sp³-hybridized carbons (Fsp3) is 0.467. The summed E-state index contributed by atoms with van der Waals surface area (Å²) in [5.74, 6) is 0. The van der Waals surface area contributed by atoms with Gasteiger partial charge in [-0.15, -0.1) is 11.3 Å². The van der Waals surface area contributed by atoms with Gasteiger partial charge in [0.15, 0.2) is 0 Å². The van der Waals surface area contributed by atoms with Crippen molar-refractivity contribution in [3.63, 3.8) is 0 Å². The minimum Gasteiger partial charge on any atom is -0.336 e. The number of carbonyl (C=O) groups excluding carboxylic acids is 1. The molecule has 6 heteroatoms. The SMILES string of the molecule is Cc1cc(-c2cccs2)nn1CCNC(=O)NC(C)(C)C. The van der Waals surface area contributed by atoms with Crippen molar-refractivity contribution in [2.24, 2.45) is 0 Å². The molecule has 2 heterocycles. The lowest BCUT2D eigenvalue weighted by Gasteiger charge is -2.20. The molecule has 0 aliphatic carbocycles. The number of aryl methyl sites for hydroxylation is 1. The highest BCUT2D eigenvalue weighted by molar-refractivity contribution is 7.13. The van der Waals surface area contributed by atoms with Crippen LogP contribution in [0.15, 0.2) is 23.6 Å². The van der Waals surface area contributed by atoms with Crippen LogP contribution < -0.4 is 10.6 Å². The summed E-state index contributed by atoms with van der Waals surface area (Å²) in [5.41, 5.74) is 1.86. The molecule has 0 aliphatic rings. The van der Waals surface area contributed by atoms with Gasteiger partial charge >= 0.3 is 6.03 Å². The van der Waals surface area contributed by atoms with E-state index in [9.17, 15) is 4.79 Å². The summed E-state index contributed by atoms with van der Waals surface area (Å²) in [5, 5.41) is 12.3. The van der Waals surface area contributed by atoms with Gasteiger partial charge in [-0.2, -0.15) is 5.10 Å². The quantitative estimate of drug-likeness (QED) is 0.912. The topological polar surface area (TPSA) is 59.0 Å². The summed E-state index contributed by atoms with van der Waals surface area (Å²) >= 11 is 1.68. The average Bonchev–Trinajstić information content (AvgIpc) is 2.97. The van der Waals surface area contributed by atoms with Crippen LogP contribution in [0.1, 0.15) is 26.5 Å². The van der Waals surface area contributed by atoms with Crippen LogP contribution in [0.25, 0.3) is 10.6 Å². The second-order valence-corrected chi connectivity index (χ2v) is 6.95. The molecule has 0 saturated heterocycles. The standard InChI is InChI=1S/C15H22N4OS/c1-11-10-12(13-6-5-9-21-13)18-19(11)8-7-16-14(20)17-15(2,3)4/h5-6,9-10H,7-8H2,1-4H3,(H2,16,17,20). The van der Waals surface area contributed by atoms with Crippen molar-refractivity contribution in [3.8, 4) is 10.6 Å². The van der Waals surface area contributed by atoms with Crippen LogP contribution in [0.2, 0.25) is 0 Å².